The van der Waals surface area contributed by atoms with Crippen LogP contribution in [0.2, 0.25) is 0 Å². The smallest absolute Gasteiger partial charge is 0.312 e. The Kier molecular flexibility index (Phi) is 5.11. The Labute approximate surface area is 132 Å². The van der Waals surface area contributed by atoms with Crippen LogP contribution in [0.15, 0.2) is 10.5 Å². The van der Waals surface area contributed by atoms with Crippen LogP contribution in [0.25, 0.3) is 0 Å². The number of carbonyl (C=O) groups is 1. The van der Waals surface area contributed by atoms with E-state index < -0.39 is 11.9 Å². The monoisotopic (exact) mass is 357 g/mol. The molecule has 1 atom stereocenters. The molecular weight excluding hydrogens is 338 g/mol. The van der Waals surface area contributed by atoms with Gasteiger partial charge in [-0.25, -0.2) is 0 Å². The van der Waals surface area contributed by atoms with Crippen molar-refractivity contribution in [2.24, 2.45) is 5.73 Å². The quantitative estimate of drug-likeness (QED) is 0.865. The maximum absolute atomic E-state index is 11.5. The van der Waals surface area contributed by atoms with E-state index in [1.807, 2.05) is 13.8 Å². The Hall–Kier alpha value is -1.27. The van der Waals surface area contributed by atoms with Crippen LogP contribution < -0.4 is 15.2 Å². The second-order valence-electron chi connectivity index (χ2n) is 5.34. The predicted octanol–water partition coefficient (Wildman–Crippen LogP) is 2.86. The Morgan fingerprint density at radius 3 is 2.62 bits per heavy atom. The van der Waals surface area contributed by atoms with E-state index in [0.717, 1.165) is 12.0 Å². The molecule has 1 aliphatic heterocycles. The molecule has 2 rings (SSSR count). The first-order chi connectivity index (χ1) is 9.97. The number of fused-ring (bicyclic) bond motifs is 1. The highest BCUT2D eigenvalue weighted by Gasteiger charge is 2.30. The summed E-state index contributed by atoms with van der Waals surface area (Å²) in [5.41, 5.74) is 7.22. The van der Waals surface area contributed by atoms with Gasteiger partial charge in [0.2, 0.25) is 0 Å². The normalized spacial score (nSPS) is 15.7. The summed E-state index contributed by atoms with van der Waals surface area (Å²) >= 11 is 3.48. The maximum Gasteiger partial charge on any atom is 0.312 e. The van der Waals surface area contributed by atoms with E-state index in [1.165, 1.54) is 0 Å². The van der Waals surface area contributed by atoms with Crippen molar-refractivity contribution in [1.29, 1.82) is 0 Å². The lowest BCUT2D eigenvalue weighted by Gasteiger charge is -2.24. The van der Waals surface area contributed by atoms with Crippen molar-refractivity contribution in [3.05, 3.63) is 21.7 Å². The topological polar surface area (TPSA) is 81.8 Å². The Balaban J connectivity index is 2.69. The average molecular weight is 358 g/mol. The van der Waals surface area contributed by atoms with E-state index in [0.29, 0.717) is 34.7 Å². The van der Waals surface area contributed by atoms with Gasteiger partial charge in [0.1, 0.15) is 0 Å². The van der Waals surface area contributed by atoms with Crippen molar-refractivity contribution in [2.45, 2.75) is 32.1 Å². The standard InChI is InChI=1S/C15H20BrNO4/c1-8(2)12-13(9(7-17)15(18)19)10(16)6-11-14(12)21-5-3-4-20-11/h6,8-9H,3-5,7,17H2,1-2H3,(H,18,19). The van der Waals surface area contributed by atoms with E-state index >= 15 is 0 Å². The van der Waals surface area contributed by atoms with Crippen molar-refractivity contribution in [3.8, 4) is 11.5 Å². The second-order valence-corrected chi connectivity index (χ2v) is 6.20. The molecule has 0 bridgehead atoms. The molecular formula is C15H20BrNO4. The van der Waals surface area contributed by atoms with Crippen LogP contribution in [0.4, 0.5) is 0 Å². The van der Waals surface area contributed by atoms with Crippen LogP contribution in [0.5, 0.6) is 11.5 Å². The van der Waals surface area contributed by atoms with Gasteiger partial charge in [-0.2, -0.15) is 0 Å². The molecule has 21 heavy (non-hydrogen) atoms. The number of halogens is 1. The number of rotatable bonds is 4. The molecule has 0 saturated heterocycles. The summed E-state index contributed by atoms with van der Waals surface area (Å²) in [6.07, 6.45) is 0.804. The molecule has 1 aromatic carbocycles. The van der Waals surface area contributed by atoms with Crippen LogP contribution in [-0.2, 0) is 4.79 Å². The largest absolute Gasteiger partial charge is 0.490 e. The summed E-state index contributed by atoms with van der Waals surface area (Å²) in [6, 6.07) is 1.79. The van der Waals surface area contributed by atoms with Gasteiger partial charge < -0.3 is 20.3 Å². The van der Waals surface area contributed by atoms with Crippen molar-refractivity contribution < 1.29 is 19.4 Å². The van der Waals surface area contributed by atoms with Crippen LogP contribution in [-0.4, -0.2) is 30.8 Å². The number of ether oxygens (including phenoxy) is 2. The second kappa shape index (κ2) is 6.66. The molecule has 1 aliphatic rings. The third-order valence-corrected chi connectivity index (χ3v) is 4.18. The Bertz CT molecular complexity index is 545. The minimum atomic E-state index is -0.936. The Morgan fingerprint density at radius 2 is 2.05 bits per heavy atom. The molecule has 6 heteroatoms. The fourth-order valence-corrected chi connectivity index (χ4v) is 3.28. The van der Waals surface area contributed by atoms with Crippen LogP contribution >= 0.6 is 15.9 Å². The molecule has 0 aromatic heterocycles. The fourth-order valence-electron chi connectivity index (χ4n) is 2.58. The number of hydrogen-bond donors (Lipinski definition) is 2. The van der Waals surface area contributed by atoms with E-state index in [-0.39, 0.29) is 12.5 Å². The Morgan fingerprint density at radius 1 is 1.38 bits per heavy atom. The van der Waals surface area contributed by atoms with Crippen LogP contribution in [0.1, 0.15) is 43.2 Å². The van der Waals surface area contributed by atoms with Crippen molar-refractivity contribution in [3.63, 3.8) is 0 Å². The molecule has 0 amide bonds. The molecule has 116 valence electrons. The fraction of sp³-hybridized carbons (Fsp3) is 0.533. The highest BCUT2D eigenvalue weighted by molar-refractivity contribution is 9.10. The zero-order valence-corrected chi connectivity index (χ0v) is 13.8. The third-order valence-electron chi connectivity index (χ3n) is 3.53. The van der Waals surface area contributed by atoms with Gasteiger partial charge in [-0.15, -0.1) is 0 Å². The average Bonchev–Trinajstić information content (AvgIpc) is 2.64. The minimum absolute atomic E-state index is 0.0350. The lowest BCUT2D eigenvalue weighted by atomic mass is 9.87. The van der Waals surface area contributed by atoms with Gasteiger partial charge >= 0.3 is 5.97 Å². The first kappa shape index (κ1) is 16.1. The first-order valence-electron chi connectivity index (χ1n) is 7.02. The predicted molar refractivity (Wildman–Crippen MR) is 83.3 cm³/mol. The number of carboxylic acid groups (broad SMARTS) is 1. The molecule has 1 aromatic rings. The molecule has 0 radical (unpaired) electrons. The van der Waals surface area contributed by atoms with E-state index in [4.69, 9.17) is 15.2 Å². The summed E-state index contributed by atoms with van der Waals surface area (Å²) in [4.78, 5) is 11.5. The lowest BCUT2D eigenvalue weighted by Crippen LogP contribution is -2.23. The molecule has 0 fully saturated rings. The molecule has 1 unspecified atom stereocenters. The van der Waals surface area contributed by atoms with Gasteiger partial charge in [-0.05, 0) is 17.5 Å². The van der Waals surface area contributed by atoms with Crippen molar-refractivity contribution in [2.75, 3.05) is 19.8 Å². The minimum Gasteiger partial charge on any atom is -0.490 e. The van der Waals surface area contributed by atoms with Crippen LogP contribution in [0.3, 0.4) is 0 Å². The maximum atomic E-state index is 11.5. The molecule has 0 aliphatic carbocycles. The molecule has 1 heterocycles. The van der Waals surface area contributed by atoms with Gasteiger partial charge in [0.05, 0.1) is 19.1 Å². The highest BCUT2D eigenvalue weighted by atomic mass is 79.9. The summed E-state index contributed by atoms with van der Waals surface area (Å²) in [5.74, 6) is -0.293. The van der Waals surface area contributed by atoms with Crippen LogP contribution in [0, 0.1) is 0 Å². The van der Waals surface area contributed by atoms with Gasteiger partial charge in [0.15, 0.2) is 11.5 Å². The van der Waals surface area contributed by atoms with Gasteiger partial charge in [-0.1, -0.05) is 29.8 Å². The van der Waals surface area contributed by atoms with Crippen molar-refractivity contribution >= 4 is 21.9 Å². The highest BCUT2D eigenvalue weighted by Crippen LogP contribution is 2.45. The summed E-state index contributed by atoms with van der Waals surface area (Å²) in [7, 11) is 0. The van der Waals surface area contributed by atoms with E-state index in [2.05, 4.69) is 15.9 Å². The van der Waals surface area contributed by atoms with Gasteiger partial charge in [0.25, 0.3) is 0 Å². The number of benzene rings is 1. The first-order valence-corrected chi connectivity index (χ1v) is 7.81. The number of carboxylic acids is 1. The zero-order valence-electron chi connectivity index (χ0n) is 12.2. The van der Waals surface area contributed by atoms with Gasteiger partial charge in [0, 0.05) is 23.0 Å². The molecule has 3 N–H and O–H groups in total. The number of nitrogens with two attached hydrogens (primary N) is 1. The summed E-state index contributed by atoms with van der Waals surface area (Å²) in [5, 5.41) is 9.44. The molecule has 0 spiro atoms. The lowest BCUT2D eigenvalue weighted by molar-refractivity contribution is -0.138. The summed E-state index contributed by atoms with van der Waals surface area (Å²) < 4.78 is 12.2. The zero-order chi connectivity index (χ0) is 15.6. The summed E-state index contributed by atoms with van der Waals surface area (Å²) in [6.45, 7) is 5.21. The molecule has 0 saturated carbocycles. The van der Waals surface area contributed by atoms with Gasteiger partial charge in [-0.3, -0.25) is 4.79 Å². The van der Waals surface area contributed by atoms with E-state index in [1.54, 1.807) is 6.07 Å². The molecule has 5 nitrogen and oxygen atoms in total. The SMILES string of the molecule is CC(C)c1c2c(cc(Br)c1C(CN)C(=O)O)OCCCO2. The van der Waals surface area contributed by atoms with E-state index in [9.17, 15) is 9.90 Å². The number of aliphatic carboxylic acids is 1. The van der Waals surface area contributed by atoms with Crippen molar-refractivity contribution in [1.82, 2.24) is 0 Å². The third kappa shape index (κ3) is 3.16. The number of hydrogen-bond acceptors (Lipinski definition) is 4.